The maximum atomic E-state index is 12.6. The second-order valence-corrected chi connectivity index (χ2v) is 5.38. The highest BCUT2D eigenvalue weighted by Gasteiger charge is 2.41. The lowest BCUT2D eigenvalue weighted by molar-refractivity contribution is -0.384. The van der Waals surface area contributed by atoms with Crippen LogP contribution in [0.25, 0.3) is 6.08 Å². The molecule has 8 heteroatoms. The Kier molecular flexibility index (Phi) is 4.72. The van der Waals surface area contributed by atoms with Crippen molar-refractivity contribution in [3.8, 4) is 0 Å². The maximum absolute atomic E-state index is 12.6. The summed E-state index contributed by atoms with van der Waals surface area (Å²) in [6, 6.07) is 3.85. The van der Waals surface area contributed by atoms with E-state index in [2.05, 4.69) is 6.58 Å². The number of rotatable bonds is 3. The van der Waals surface area contributed by atoms with Gasteiger partial charge in [0.1, 0.15) is 0 Å². The van der Waals surface area contributed by atoms with Crippen molar-refractivity contribution < 1.29 is 22.9 Å². The molecular weight excluding hydrogens is 313 g/mol. The Labute approximate surface area is 130 Å². The van der Waals surface area contributed by atoms with E-state index in [1.807, 2.05) is 0 Å². The molecule has 1 fully saturated rings. The van der Waals surface area contributed by atoms with Crippen molar-refractivity contribution in [1.82, 2.24) is 4.90 Å². The van der Waals surface area contributed by atoms with Crippen LogP contribution in [0.1, 0.15) is 28.8 Å². The van der Waals surface area contributed by atoms with Crippen molar-refractivity contribution in [2.45, 2.75) is 19.0 Å². The largest absolute Gasteiger partial charge is 0.391 e. The average Bonchev–Trinajstić information content (AvgIpc) is 2.52. The average molecular weight is 328 g/mol. The molecule has 0 spiro atoms. The van der Waals surface area contributed by atoms with E-state index >= 15 is 0 Å². The quantitative estimate of drug-likeness (QED) is 0.628. The molecule has 1 heterocycles. The lowest BCUT2D eigenvalue weighted by atomic mass is 9.95. The van der Waals surface area contributed by atoms with Gasteiger partial charge >= 0.3 is 6.18 Å². The van der Waals surface area contributed by atoms with Gasteiger partial charge < -0.3 is 4.90 Å². The predicted molar refractivity (Wildman–Crippen MR) is 77.9 cm³/mol. The number of carbonyl (C=O) groups excluding carboxylic acids is 1. The van der Waals surface area contributed by atoms with Gasteiger partial charge in [0.2, 0.25) is 0 Å². The molecule has 0 atom stereocenters. The van der Waals surface area contributed by atoms with Crippen molar-refractivity contribution >= 4 is 17.7 Å². The highest BCUT2D eigenvalue weighted by Crippen LogP contribution is 2.34. The Morgan fingerprint density at radius 2 is 1.91 bits per heavy atom. The van der Waals surface area contributed by atoms with E-state index in [1.54, 1.807) is 0 Å². The minimum Gasteiger partial charge on any atom is -0.339 e. The monoisotopic (exact) mass is 328 g/mol. The minimum absolute atomic E-state index is 0.0187. The molecule has 0 N–H and O–H groups in total. The van der Waals surface area contributed by atoms with E-state index in [1.165, 1.54) is 23.1 Å². The molecule has 0 bridgehead atoms. The number of alkyl halides is 3. The molecule has 1 aliphatic heterocycles. The van der Waals surface area contributed by atoms with Gasteiger partial charge in [-0.3, -0.25) is 14.9 Å². The van der Waals surface area contributed by atoms with E-state index in [4.69, 9.17) is 0 Å². The summed E-state index contributed by atoms with van der Waals surface area (Å²) in [5, 5.41) is 10.9. The molecule has 5 nitrogen and oxygen atoms in total. The Morgan fingerprint density at radius 3 is 2.39 bits per heavy atom. The summed E-state index contributed by atoms with van der Waals surface area (Å²) in [5.74, 6) is -1.90. The van der Waals surface area contributed by atoms with Crippen LogP contribution in [0.2, 0.25) is 0 Å². The number of nitro benzene ring substituents is 1. The molecule has 1 aromatic rings. The molecule has 1 saturated heterocycles. The molecule has 0 saturated carbocycles. The molecule has 1 amide bonds. The van der Waals surface area contributed by atoms with Crippen LogP contribution in [-0.4, -0.2) is 35.0 Å². The van der Waals surface area contributed by atoms with E-state index in [0.717, 1.165) is 6.07 Å². The molecule has 0 radical (unpaired) electrons. The van der Waals surface area contributed by atoms with Crippen molar-refractivity contribution in [2.24, 2.45) is 5.92 Å². The Bertz CT molecular complexity index is 635. The van der Waals surface area contributed by atoms with Gasteiger partial charge in [0.25, 0.3) is 11.6 Å². The highest BCUT2D eigenvalue weighted by atomic mass is 19.4. The summed E-state index contributed by atoms with van der Waals surface area (Å²) in [4.78, 5) is 24.0. The third-order valence-corrected chi connectivity index (χ3v) is 3.88. The Morgan fingerprint density at radius 1 is 1.30 bits per heavy atom. The van der Waals surface area contributed by atoms with Crippen LogP contribution in [0.3, 0.4) is 0 Å². The lowest BCUT2D eigenvalue weighted by Crippen LogP contribution is -2.42. The van der Waals surface area contributed by atoms with Crippen molar-refractivity contribution in [2.75, 3.05) is 13.1 Å². The molecular formula is C15H15F3N2O3. The number of hydrogen-bond acceptors (Lipinski definition) is 3. The Hall–Kier alpha value is -2.38. The summed E-state index contributed by atoms with van der Waals surface area (Å²) in [5.41, 5.74) is 0.239. The van der Waals surface area contributed by atoms with Gasteiger partial charge in [-0.1, -0.05) is 12.7 Å². The van der Waals surface area contributed by atoms with Crippen LogP contribution in [-0.2, 0) is 0 Å². The number of nitro groups is 1. The number of likely N-dealkylation sites (tertiary alicyclic amines) is 1. The molecule has 124 valence electrons. The third kappa shape index (κ3) is 3.88. The predicted octanol–water partition coefficient (Wildman–Crippen LogP) is 3.65. The fourth-order valence-electron chi connectivity index (χ4n) is 2.57. The number of non-ortho nitro benzene ring substituents is 1. The number of benzene rings is 1. The van der Waals surface area contributed by atoms with Crippen LogP contribution in [0, 0.1) is 16.0 Å². The van der Waals surface area contributed by atoms with Gasteiger partial charge in [-0.25, -0.2) is 0 Å². The normalized spacial score (nSPS) is 16.2. The molecule has 1 aromatic carbocycles. The van der Waals surface area contributed by atoms with E-state index < -0.39 is 22.9 Å². The number of carbonyl (C=O) groups is 1. The fourth-order valence-corrected chi connectivity index (χ4v) is 2.57. The molecule has 0 unspecified atom stereocenters. The van der Waals surface area contributed by atoms with Crippen molar-refractivity contribution in [1.29, 1.82) is 0 Å². The topological polar surface area (TPSA) is 63.5 Å². The van der Waals surface area contributed by atoms with E-state index in [0.29, 0.717) is 5.56 Å². The second kappa shape index (κ2) is 6.39. The molecule has 23 heavy (non-hydrogen) atoms. The molecule has 2 rings (SSSR count). The molecule has 1 aliphatic rings. The van der Waals surface area contributed by atoms with Crippen LogP contribution in [0.15, 0.2) is 24.8 Å². The lowest BCUT2D eigenvalue weighted by Gasteiger charge is -2.33. The first kappa shape index (κ1) is 17.0. The van der Waals surface area contributed by atoms with Gasteiger partial charge in [-0.05, 0) is 24.5 Å². The third-order valence-electron chi connectivity index (χ3n) is 3.88. The maximum Gasteiger partial charge on any atom is 0.391 e. The van der Waals surface area contributed by atoms with E-state index in [9.17, 15) is 28.1 Å². The standard InChI is InChI=1S/C15H15F3N2O3/c1-2-10-7-11(9-13(8-10)20(22)23)14(21)19-5-3-12(4-6-19)15(16,17)18/h2,7-9,12H,1,3-6H2. The summed E-state index contributed by atoms with van der Waals surface area (Å²) in [7, 11) is 0. The number of nitrogens with zero attached hydrogens (tertiary/aromatic N) is 2. The van der Waals surface area contributed by atoms with Gasteiger partial charge in [0.15, 0.2) is 0 Å². The van der Waals surface area contributed by atoms with Gasteiger partial charge in [-0.15, -0.1) is 0 Å². The van der Waals surface area contributed by atoms with Crippen molar-refractivity contribution in [3.63, 3.8) is 0 Å². The number of halogens is 3. The van der Waals surface area contributed by atoms with Crippen molar-refractivity contribution in [3.05, 3.63) is 46.0 Å². The molecule has 0 aliphatic carbocycles. The smallest absolute Gasteiger partial charge is 0.339 e. The summed E-state index contributed by atoms with van der Waals surface area (Å²) in [6.07, 6.45) is -3.19. The zero-order chi connectivity index (χ0) is 17.2. The number of piperidine rings is 1. The van der Waals surface area contributed by atoms with Crippen LogP contribution < -0.4 is 0 Å². The zero-order valence-corrected chi connectivity index (χ0v) is 12.2. The number of hydrogen-bond donors (Lipinski definition) is 0. The van der Waals surface area contributed by atoms with Crippen LogP contribution in [0.5, 0.6) is 0 Å². The van der Waals surface area contributed by atoms with Gasteiger partial charge in [0.05, 0.1) is 10.8 Å². The summed E-state index contributed by atoms with van der Waals surface area (Å²) < 4.78 is 37.9. The van der Waals surface area contributed by atoms with Gasteiger partial charge in [-0.2, -0.15) is 13.2 Å². The zero-order valence-electron chi connectivity index (χ0n) is 12.2. The molecule has 0 aromatic heterocycles. The van der Waals surface area contributed by atoms with Crippen LogP contribution in [0.4, 0.5) is 18.9 Å². The fraction of sp³-hybridized carbons (Fsp3) is 0.400. The van der Waals surface area contributed by atoms with Crippen LogP contribution >= 0.6 is 0 Å². The SMILES string of the molecule is C=Cc1cc(C(=O)N2CCC(C(F)(F)F)CC2)cc([N+](=O)[O-])c1. The summed E-state index contributed by atoms with van der Waals surface area (Å²) >= 11 is 0. The first-order chi connectivity index (χ1) is 10.7. The first-order valence-corrected chi connectivity index (χ1v) is 7.00. The Balaban J connectivity index is 2.17. The van der Waals surface area contributed by atoms with Gasteiger partial charge in [0, 0.05) is 30.8 Å². The minimum atomic E-state index is -4.25. The number of amides is 1. The highest BCUT2D eigenvalue weighted by molar-refractivity contribution is 5.95. The first-order valence-electron chi connectivity index (χ1n) is 7.00. The summed E-state index contributed by atoms with van der Waals surface area (Å²) in [6.45, 7) is 3.47. The second-order valence-electron chi connectivity index (χ2n) is 5.38. The van der Waals surface area contributed by atoms with E-state index in [-0.39, 0.29) is 37.2 Å².